The molecule has 28 heavy (non-hydrogen) atoms. The largest absolute Gasteiger partial charge is 0.544 e. The van der Waals surface area contributed by atoms with Gasteiger partial charge < -0.3 is 4.43 Å². The minimum Gasteiger partial charge on any atom is -0.544 e. The minimum absolute atomic E-state index is 0.163. The number of nitrogens with zero attached hydrogens (tertiary/aromatic N) is 1. The summed E-state index contributed by atoms with van der Waals surface area (Å²) < 4.78 is 70.2. The molecule has 0 atom stereocenters. The zero-order valence-electron chi connectivity index (χ0n) is 14.8. The monoisotopic (exact) mass is 433 g/mol. The van der Waals surface area contributed by atoms with E-state index >= 15 is 0 Å². The SMILES string of the molecule is C[Si](C)(C)Oc1cc2c3c(cccc3c1)C(=O)N(OS(=O)(=O)C(F)(F)F)C2=O. The molecule has 0 radical (unpaired) electrons. The highest BCUT2D eigenvalue weighted by Gasteiger charge is 2.51. The van der Waals surface area contributed by atoms with Crippen LogP contribution in [0.15, 0.2) is 30.3 Å². The van der Waals surface area contributed by atoms with Gasteiger partial charge in [-0.05, 0) is 43.2 Å². The Labute approximate surface area is 158 Å². The van der Waals surface area contributed by atoms with Crippen molar-refractivity contribution in [2.45, 2.75) is 25.1 Å². The fourth-order valence-corrected chi connectivity index (χ4v) is 3.92. The molecule has 2 aromatic rings. The van der Waals surface area contributed by atoms with Gasteiger partial charge in [-0.25, -0.2) is 0 Å². The van der Waals surface area contributed by atoms with Crippen LogP contribution in [-0.4, -0.2) is 39.1 Å². The van der Waals surface area contributed by atoms with Crippen LogP contribution in [0.25, 0.3) is 10.8 Å². The molecule has 0 fully saturated rings. The van der Waals surface area contributed by atoms with Gasteiger partial charge in [0.1, 0.15) is 5.75 Å². The van der Waals surface area contributed by atoms with Gasteiger partial charge in [-0.1, -0.05) is 12.1 Å². The lowest BCUT2D eigenvalue weighted by Gasteiger charge is -2.27. The van der Waals surface area contributed by atoms with Gasteiger partial charge >= 0.3 is 15.6 Å². The Morgan fingerprint density at radius 3 is 2.18 bits per heavy atom. The van der Waals surface area contributed by atoms with E-state index < -0.39 is 40.8 Å². The number of halogens is 3. The average molecular weight is 433 g/mol. The topological polar surface area (TPSA) is 90.0 Å². The standard InChI is InChI=1S/C16H14F3NO6SSi/c1-28(2,3)25-10-7-9-5-4-6-11-13(9)12(8-10)15(22)20(14(11)21)26-27(23,24)16(17,18)19/h4-8H,1-3H3. The Morgan fingerprint density at radius 2 is 1.61 bits per heavy atom. The van der Waals surface area contributed by atoms with E-state index in [-0.39, 0.29) is 22.3 Å². The number of alkyl halides is 3. The molecule has 7 nitrogen and oxygen atoms in total. The first kappa shape index (κ1) is 20.3. The van der Waals surface area contributed by atoms with Gasteiger partial charge in [-0.2, -0.15) is 21.6 Å². The van der Waals surface area contributed by atoms with Crippen molar-refractivity contribution in [1.82, 2.24) is 5.06 Å². The van der Waals surface area contributed by atoms with Crippen LogP contribution in [-0.2, 0) is 14.4 Å². The smallest absolute Gasteiger partial charge is 0.525 e. The van der Waals surface area contributed by atoms with Crippen molar-refractivity contribution in [3.05, 3.63) is 41.5 Å². The second-order valence-corrected chi connectivity index (χ2v) is 12.9. The number of hydrogen-bond acceptors (Lipinski definition) is 6. The van der Waals surface area contributed by atoms with Crippen molar-refractivity contribution in [1.29, 1.82) is 0 Å². The van der Waals surface area contributed by atoms with Crippen LogP contribution in [0, 0.1) is 0 Å². The van der Waals surface area contributed by atoms with Crippen molar-refractivity contribution < 1.29 is 39.9 Å². The Bertz CT molecular complexity index is 1110. The zero-order valence-corrected chi connectivity index (χ0v) is 16.6. The van der Waals surface area contributed by atoms with E-state index in [1.165, 1.54) is 18.2 Å². The fourth-order valence-electron chi connectivity index (χ4n) is 2.68. The number of hydrogen-bond donors (Lipinski definition) is 0. The first-order valence-corrected chi connectivity index (χ1v) is 12.7. The number of imide groups is 1. The quantitative estimate of drug-likeness (QED) is 0.417. The third-order valence-corrected chi connectivity index (χ3v) is 5.42. The van der Waals surface area contributed by atoms with Crippen molar-refractivity contribution in [3.8, 4) is 5.75 Å². The van der Waals surface area contributed by atoms with Crippen LogP contribution < -0.4 is 4.43 Å². The number of rotatable bonds is 4. The van der Waals surface area contributed by atoms with E-state index in [1.54, 1.807) is 12.1 Å². The highest BCUT2D eigenvalue weighted by Crippen LogP contribution is 2.36. The predicted octanol–water partition coefficient (Wildman–Crippen LogP) is 3.43. The summed E-state index contributed by atoms with van der Waals surface area (Å²) in [6, 6.07) is 7.17. The Balaban J connectivity index is 2.16. The summed E-state index contributed by atoms with van der Waals surface area (Å²) in [7, 11) is -8.31. The van der Waals surface area contributed by atoms with E-state index in [2.05, 4.69) is 4.28 Å². The zero-order chi connectivity index (χ0) is 21.1. The third kappa shape index (κ3) is 3.50. The summed E-state index contributed by atoms with van der Waals surface area (Å²) >= 11 is 0. The molecule has 0 bridgehead atoms. The van der Waals surface area contributed by atoms with E-state index in [4.69, 9.17) is 4.43 Å². The molecule has 1 heterocycles. The second-order valence-electron chi connectivity index (χ2n) is 6.97. The van der Waals surface area contributed by atoms with Crippen LogP contribution in [0.3, 0.4) is 0 Å². The third-order valence-electron chi connectivity index (χ3n) is 3.66. The van der Waals surface area contributed by atoms with Gasteiger partial charge in [0.25, 0.3) is 11.8 Å². The maximum atomic E-state index is 12.6. The summed E-state index contributed by atoms with van der Waals surface area (Å²) in [4.78, 5) is 25.1. The van der Waals surface area contributed by atoms with Gasteiger partial charge in [0.05, 0.1) is 11.1 Å². The molecule has 0 aliphatic carbocycles. The molecule has 0 saturated carbocycles. The summed E-state index contributed by atoms with van der Waals surface area (Å²) in [5, 5.41) is 0.242. The molecule has 1 aliphatic heterocycles. The maximum Gasteiger partial charge on any atom is 0.525 e. The molecule has 150 valence electrons. The summed E-state index contributed by atoms with van der Waals surface area (Å²) in [6.07, 6.45) is 0. The molecule has 2 aromatic carbocycles. The maximum absolute atomic E-state index is 12.6. The number of carbonyl (C=O) groups is 2. The second kappa shape index (κ2) is 6.29. The molecule has 0 spiro atoms. The summed E-state index contributed by atoms with van der Waals surface area (Å²) in [5.41, 5.74) is -6.16. The molecule has 1 aliphatic rings. The van der Waals surface area contributed by atoms with Gasteiger partial charge in [0.2, 0.25) is 8.32 Å². The van der Waals surface area contributed by atoms with Crippen LogP contribution in [0.2, 0.25) is 19.6 Å². The average Bonchev–Trinajstić information content (AvgIpc) is 2.53. The highest BCUT2D eigenvalue weighted by molar-refractivity contribution is 7.87. The Morgan fingerprint density at radius 1 is 1.00 bits per heavy atom. The van der Waals surface area contributed by atoms with E-state index in [1.807, 2.05) is 19.6 Å². The van der Waals surface area contributed by atoms with E-state index in [0.717, 1.165) is 0 Å². The van der Waals surface area contributed by atoms with Crippen LogP contribution in [0.1, 0.15) is 20.7 Å². The Kier molecular flexibility index (Phi) is 4.56. The van der Waals surface area contributed by atoms with Crippen LogP contribution in [0.5, 0.6) is 5.75 Å². The molecule has 0 saturated heterocycles. The molecule has 0 aromatic heterocycles. The minimum atomic E-state index is -6.21. The Hall–Kier alpha value is -2.44. The fraction of sp³-hybridized carbons (Fsp3) is 0.250. The molecule has 0 unspecified atom stereocenters. The van der Waals surface area contributed by atoms with Gasteiger partial charge in [0, 0.05) is 5.39 Å². The summed E-state index contributed by atoms with van der Waals surface area (Å²) in [6.45, 7) is 5.65. The predicted molar refractivity (Wildman–Crippen MR) is 94.5 cm³/mol. The first-order chi connectivity index (χ1) is 12.7. The van der Waals surface area contributed by atoms with Crippen molar-refractivity contribution in [2.75, 3.05) is 0 Å². The molecule has 12 heteroatoms. The lowest BCUT2D eigenvalue weighted by Crippen LogP contribution is -2.44. The van der Waals surface area contributed by atoms with Gasteiger partial charge in [-0.3, -0.25) is 9.59 Å². The summed E-state index contributed by atoms with van der Waals surface area (Å²) in [5.74, 6) is -2.36. The molecule has 0 N–H and O–H groups in total. The first-order valence-electron chi connectivity index (χ1n) is 7.87. The number of hydroxylamine groups is 2. The van der Waals surface area contributed by atoms with Crippen molar-refractivity contribution >= 4 is 41.0 Å². The van der Waals surface area contributed by atoms with Crippen molar-refractivity contribution in [3.63, 3.8) is 0 Å². The molecular formula is C16H14F3NO6SSi. The van der Waals surface area contributed by atoms with Gasteiger partial charge in [0.15, 0.2) is 0 Å². The number of amides is 2. The molecular weight excluding hydrogens is 419 g/mol. The lowest BCUT2D eigenvalue weighted by molar-refractivity contribution is -0.0761. The van der Waals surface area contributed by atoms with Crippen LogP contribution >= 0.6 is 0 Å². The van der Waals surface area contributed by atoms with Crippen molar-refractivity contribution in [2.24, 2.45) is 0 Å². The van der Waals surface area contributed by atoms with Gasteiger partial charge in [-0.15, -0.1) is 9.35 Å². The van der Waals surface area contributed by atoms with E-state index in [9.17, 15) is 31.2 Å². The highest BCUT2D eigenvalue weighted by atomic mass is 32.2. The lowest BCUT2D eigenvalue weighted by atomic mass is 9.95. The molecule has 3 rings (SSSR count). The normalized spacial score (nSPS) is 15.3. The number of carbonyl (C=O) groups excluding carboxylic acids is 2. The molecule has 2 amide bonds. The number of benzene rings is 2. The van der Waals surface area contributed by atoms with Crippen LogP contribution in [0.4, 0.5) is 13.2 Å². The van der Waals surface area contributed by atoms with E-state index in [0.29, 0.717) is 5.39 Å².